The zero-order valence-electron chi connectivity index (χ0n) is 10.0. The van der Waals surface area contributed by atoms with Gasteiger partial charge in [0.2, 0.25) is 0 Å². The van der Waals surface area contributed by atoms with Gasteiger partial charge in [0.15, 0.2) is 0 Å². The van der Waals surface area contributed by atoms with Crippen LogP contribution in [0.5, 0.6) is 0 Å². The van der Waals surface area contributed by atoms with Gasteiger partial charge in [0.1, 0.15) is 11.6 Å². The monoisotopic (exact) mass is 237 g/mol. The number of aliphatic hydroxyl groups excluding tert-OH is 1. The number of nitrogens with zero attached hydrogens (tertiary/aromatic N) is 3. The van der Waals surface area contributed by atoms with Gasteiger partial charge in [-0.05, 0) is 25.7 Å². The van der Waals surface area contributed by atoms with Gasteiger partial charge in [-0.25, -0.2) is 0 Å². The summed E-state index contributed by atoms with van der Waals surface area (Å²) in [5, 5.41) is 18.0. The molecule has 1 N–H and O–H groups in total. The maximum atomic E-state index is 9.36. The summed E-state index contributed by atoms with van der Waals surface area (Å²) in [4.78, 5) is 0. The third kappa shape index (κ3) is 1.98. The number of aromatic nitrogens is 3. The Hall–Kier alpha value is -0.940. The normalized spacial score (nSPS) is 25.8. The average Bonchev–Trinajstić information content (AvgIpc) is 2.83. The molecule has 0 aliphatic carbocycles. The molecule has 2 aliphatic rings. The van der Waals surface area contributed by atoms with Gasteiger partial charge in [-0.15, -0.1) is 10.2 Å². The van der Waals surface area contributed by atoms with Gasteiger partial charge in [-0.1, -0.05) is 0 Å². The highest BCUT2D eigenvalue weighted by atomic mass is 16.5. The molecule has 1 atom stereocenters. The van der Waals surface area contributed by atoms with Gasteiger partial charge in [0, 0.05) is 31.6 Å². The topological polar surface area (TPSA) is 60.2 Å². The molecule has 1 saturated heterocycles. The average molecular weight is 237 g/mol. The zero-order valence-corrected chi connectivity index (χ0v) is 10.0. The van der Waals surface area contributed by atoms with E-state index in [0.29, 0.717) is 5.92 Å². The summed E-state index contributed by atoms with van der Waals surface area (Å²) in [6.07, 6.45) is 4.23. The van der Waals surface area contributed by atoms with E-state index < -0.39 is 0 Å². The third-order valence-electron chi connectivity index (χ3n) is 3.91. The molecule has 1 aromatic heterocycles. The van der Waals surface area contributed by atoms with E-state index in [0.717, 1.165) is 57.1 Å². The number of hydrogen-bond donors (Lipinski definition) is 1. The first-order chi connectivity index (χ1) is 8.40. The second-order valence-electron chi connectivity index (χ2n) is 4.98. The molecule has 0 bridgehead atoms. The second kappa shape index (κ2) is 4.74. The molecule has 2 aliphatic heterocycles. The van der Waals surface area contributed by atoms with E-state index in [-0.39, 0.29) is 12.5 Å². The highest BCUT2D eigenvalue weighted by Crippen LogP contribution is 2.31. The predicted molar refractivity (Wildman–Crippen MR) is 61.9 cm³/mol. The fourth-order valence-electron chi connectivity index (χ4n) is 2.91. The lowest BCUT2D eigenvalue weighted by molar-refractivity contribution is 0.0824. The first kappa shape index (κ1) is 11.2. The van der Waals surface area contributed by atoms with E-state index in [9.17, 15) is 5.11 Å². The molecule has 5 nitrogen and oxygen atoms in total. The standard InChI is InChI=1S/C12H19N3O2/c16-8-10-2-1-5-15-11(13-14-12(10)15)9-3-6-17-7-4-9/h9-10,16H,1-8H2. The summed E-state index contributed by atoms with van der Waals surface area (Å²) in [6, 6.07) is 0. The first-order valence-corrected chi connectivity index (χ1v) is 6.51. The summed E-state index contributed by atoms with van der Waals surface area (Å²) < 4.78 is 7.62. The molecule has 17 heavy (non-hydrogen) atoms. The molecular weight excluding hydrogens is 218 g/mol. The third-order valence-corrected chi connectivity index (χ3v) is 3.91. The molecule has 0 spiro atoms. The Morgan fingerprint density at radius 1 is 1.18 bits per heavy atom. The van der Waals surface area contributed by atoms with Gasteiger partial charge >= 0.3 is 0 Å². The molecular formula is C12H19N3O2. The quantitative estimate of drug-likeness (QED) is 0.835. The van der Waals surface area contributed by atoms with Crippen molar-refractivity contribution >= 4 is 0 Å². The molecule has 0 radical (unpaired) electrons. The van der Waals surface area contributed by atoms with Crippen LogP contribution >= 0.6 is 0 Å². The van der Waals surface area contributed by atoms with Crippen LogP contribution in [0.4, 0.5) is 0 Å². The minimum absolute atomic E-state index is 0.185. The van der Waals surface area contributed by atoms with Crippen molar-refractivity contribution in [3.8, 4) is 0 Å². The smallest absolute Gasteiger partial charge is 0.138 e. The minimum atomic E-state index is 0.185. The maximum absolute atomic E-state index is 9.36. The summed E-state index contributed by atoms with van der Waals surface area (Å²) >= 11 is 0. The number of rotatable bonds is 2. The Labute approximate surface area is 101 Å². The van der Waals surface area contributed by atoms with E-state index in [1.807, 2.05) is 0 Å². The van der Waals surface area contributed by atoms with Crippen molar-refractivity contribution in [2.45, 2.75) is 44.1 Å². The largest absolute Gasteiger partial charge is 0.396 e. The number of fused-ring (bicyclic) bond motifs is 1. The van der Waals surface area contributed by atoms with Crippen LogP contribution in [0.15, 0.2) is 0 Å². The minimum Gasteiger partial charge on any atom is -0.396 e. The Morgan fingerprint density at radius 3 is 2.71 bits per heavy atom. The van der Waals surface area contributed by atoms with E-state index in [1.165, 1.54) is 0 Å². The molecule has 0 amide bonds. The van der Waals surface area contributed by atoms with Crippen molar-refractivity contribution in [2.75, 3.05) is 19.8 Å². The lowest BCUT2D eigenvalue weighted by Crippen LogP contribution is -2.23. The van der Waals surface area contributed by atoms with Crippen LogP contribution in [-0.4, -0.2) is 39.7 Å². The fraction of sp³-hybridized carbons (Fsp3) is 0.833. The molecule has 1 fully saturated rings. The van der Waals surface area contributed by atoms with Crippen molar-refractivity contribution < 1.29 is 9.84 Å². The fourth-order valence-corrected chi connectivity index (χ4v) is 2.91. The van der Waals surface area contributed by atoms with Crippen LogP contribution < -0.4 is 0 Å². The van der Waals surface area contributed by atoms with Crippen LogP contribution in [0.2, 0.25) is 0 Å². The summed E-state index contributed by atoms with van der Waals surface area (Å²) in [5.74, 6) is 2.77. The summed E-state index contributed by atoms with van der Waals surface area (Å²) in [5.41, 5.74) is 0. The molecule has 0 saturated carbocycles. The van der Waals surface area contributed by atoms with Crippen LogP contribution in [0.3, 0.4) is 0 Å². The van der Waals surface area contributed by atoms with Crippen molar-refractivity contribution in [1.29, 1.82) is 0 Å². The number of hydrogen-bond acceptors (Lipinski definition) is 4. The van der Waals surface area contributed by atoms with Gasteiger partial charge in [-0.2, -0.15) is 0 Å². The van der Waals surface area contributed by atoms with Crippen molar-refractivity contribution in [1.82, 2.24) is 14.8 Å². The summed E-state index contributed by atoms with van der Waals surface area (Å²) in [7, 11) is 0. The predicted octanol–water partition coefficient (Wildman–Crippen LogP) is 1.04. The Kier molecular flexibility index (Phi) is 3.11. The van der Waals surface area contributed by atoms with E-state index in [1.54, 1.807) is 0 Å². The SMILES string of the molecule is OCC1CCCn2c1nnc2C1CCOCC1. The van der Waals surface area contributed by atoms with Crippen LogP contribution in [0, 0.1) is 0 Å². The van der Waals surface area contributed by atoms with Gasteiger partial charge in [-0.3, -0.25) is 0 Å². The molecule has 1 aromatic rings. The molecule has 0 aromatic carbocycles. The van der Waals surface area contributed by atoms with E-state index >= 15 is 0 Å². The van der Waals surface area contributed by atoms with Crippen LogP contribution in [0.1, 0.15) is 49.2 Å². The van der Waals surface area contributed by atoms with Crippen molar-refractivity contribution in [3.63, 3.8) is 0 Å². The molecule has 94 valence electrons. The van der Waals surface area contributed by atoms with Crippen molar-refractivity contribution in [2.24, 2.45) is 0 Å². The number of ether oxygens (including phenoxy) is 1. The lowest BCUT2D eigenvalue weighted by Gasteiger charge is -2.26. The van der Waals surface area contributed by atoms with Gasteiger partial charge in [0.05, 0.1) is 6.61 Å². The van der Waals surface area contributed by atoms with E-state index in [2.05, 4.69) is 14.8 Å². The van der Waals surface area contributed by atoms with Crippen LogP contribution in [-0.2, 0) is 11.3 Å². The molecule has 5 heteroatoms. The molecule has 3 heterocycles. The van der Waals surface area contributed by atoms with Crippen LogP contribution in [0.25, 0.3) is 0 Å². The molecule has 1 unspecified atom stereocenters. The second-order valence-corrected chi connectivity index (χ2v) is 4.98. The number of aliphatic hydroxyl groups is 1. The van der Waals surface area contributed by atoms with Gasteiger partial charge in [0.25, 0.3) is 0 Å². The van der Waals surface area contributed by atoms with Crippen molar-refractivity contribution in [3.05, 3.63) is 11.6 Å². The Bertz CT molecular complexity index is 385. The zero-order chi connectivity index (χ0) is 11.7. The molecule has 3 rings (SSSR count). The Balaban J connectivity index is 1.88. The maximum Gasteiger partial charge on any atom is 0.138 e. The van der Waals surface area contributed by atoms with E-state index in [4.69, 9.17) is 4.74 Å². The highest BCUT2D eigenvalue weighted by molar-refractivity contribution is 5.09. The highest BCUT2D eigenvalue weighted by Gasteiger charge is 2.28. The Morgan fingerprint density at radius 2 is 1.94 bits per heavy atom. The summed E-state index contributed by atoms with van der Waals surface area (Å²) in [6.45, 7) is 2.85. The lowest BCUT2D eigenvalue weighted by atomic mass is 9.96. The van der Waals surface area contributed by atoms with Gasteiger partial charge < -0.3 is 14.4 Å². The first-order valence-electron chi connectivity index (χ1n) is 6.51.